The molecule has 5 rings (SSSR count). The van der Waals surface area contributed by atoms with Gasteiger partial charge in [0.15, 0.2) is 0 Å². The largest absolute Gasteiger partial charge is 0.360 e. The van der Waals surface area contributed by atoms with E-state index < -0.39 is 5.66 Å². The summed E-state index contributed by atoms with van der Waals surface area (Å²) >= 11 is 0. The van der Waals surface area contributed by atoms with Crippen LogP contribution < -0.4 is 21.7 Å². The molecule has 0 aliphatic carbocycles. The molecule has 1 atom stereocenters. The van der Waals surface area contributed by atoms with Gasteiger partial charge < -0.3 is 11.1 Å². The lowest BCUT2D eigenvalue weighted by Gasteiger charge is -2.29. The fourth-order valence-corrected chi connectivity index (χ4v) is 3.94. The summed E-state index contributed by atoms with van der Waals surface area (Å²) in [5, 5.41) is 9.33. The average Bonchev–Trinajstić information content (AvgIpc) is 2.92. The number of carbonyl (C=O) groups excluding carboxylic acids is 1. The number of fused-ring (bicyclic) bond motifs is 3. The van der Waals surface area contributed by atoms with E-state index in [0.29, 0.717) is 5.96 Å². The number of hydrogen-bond acceptors (Lipinski definition) is 3. The van der Waals surface area contributed by atoms with Crippen molar-refractivity contribution in [3.63, 3.8) is 0 Å². The molecule has 0 bridgehead atoms. The minimum atomic E-state index is -1.24. The first-order valence-corrected chi connectivity index (χ1v) is 8.71. The van der Waals surface area contributed by atoms with Gasteiger partial charge >= 0.3 is 5.96 Å². The van der Waals surface area contributed by atoms with Gasteiger partial charge in [-0.3, -0.25) is 4.79 Å². The molecular weight excluding hydrogens is 328 g/mol. The van der Waals surface area contributed by atoms with Crippen LogP contribution in [0.3, 0.4) is 0 Å². The number of amides is 1. The molecule has 0 radical (unpaired) electrons. The number of guanidine groups is 2. The molecule has 7 heteroatoms. The standard InChI is InChI=1S/C19H18N6O/c20-17-22-18(25-11-5-7-12-6-1-4-10-15(12)25)24-19(23-17)13-8-2-3-9-14(13)21-16(19)26/h1-4,6,8-10H,5,7,11H2,(H4,20,21,22,23,24,26)/p+1/t19-/m0/s1. The molecule has 2 aromatic rings. The quantitative estimate of drug-likeness (QED) is 0.534. The van der Waals surface area contributed by atoms with E-state index in [1.54, 1.807) is 0 Å². The second-order valence-corrected chi connectivity index (χ2v) is 6.69. The number of nitrogens with one attached hydrogen (secondary N) is 3. The fraction of sp³-hybridized carbons (Fsp3) is 0.211. The molecule has 26 heavy (non-hydrogen) atoms. The van der Waals surface area contributed by atoms with Crippen LogP contribution in [0.25, 0.3) is 0 Å². The zero-order chi connectivity index (χ0) is 17.7. The summed E-state index contributed by atoms with van der Waals surface area (Å²) in [6.07, 6.45) is 2.06. The minimum Gasteiger partial charge on any atom is -0.357 e. The molecule has 3 aliphatic heterocycles. The Labute approximate surface area is 150 Å². The van der Waals surface area contributed by atoms with Gasteiger partial charge in [-0.05, 0) is 30.5 Å². The van der Waals surface area contributed by atoms with Crippen molar-refractivity contribution in [3.8, 4) is 0 Å². The van der Waals surface area contributed by atoms with Gasteiger partial charge in [0.05, 0.1) is 12.2 Å². The lowest BCUT2D eigenvalue weighted by Crippen LogP contribution is -2.63. The zero-order valence-corrected chi connectivity index (χ0v) is 14.1. The Bertz CT molecular complexity index is 995. The lowest BCUT2D eigenvalue weighted by molar-refractivity contribution is -0.451. The predicted octanol–water partition coefficient (Wildman–Crippen LogP) is 0.945. The number of aryl methyl sites for hydroxylation is 1. The number of benzene rings is 2. The first-order valence-electron chi connectivity index (χ1n) is 8.71. The van der Waals surface area contributed by atoms with Crippen molar-refractivity contribution in [2.45, 2.75) is 18.5 Å². The Kier molecular flexibility index (Phi) is 3.06. The number of hydrogen-bond donors (Lipinski definition) is 4. The average molecular weight is 347 g/mol. The summed E-state index contributed by atoms with van der Waals surface area (Å²) < 4.78 is 2.14. The number of para-hydroxylation sites is 2. The highest BCUT2D eigenvalue weighted by molar-refractivity contribution is 6.11. The van der Waals surface area contributed by atoms with Crippen molar-refractivity contribution < 1.29 is 9.37 Å². The molecule has 0 fully saturated rings. The van der Waals surface area contributed by atoms with Crippen LogP contribution in [0.5, 0.6) is 0 Å². The fourth-order valence-electron chi connectivity index (χ4n) is 3.94. The maximum absolute atomic E-state index is 12.8. The van der Waals surface area contributed by atoms with Crippen LogP contribution >= 0.6 is 0 Å². The molecule has 0 unspecified atom stereocenters. The molecule has 1 amide bonds. The second-order valence-electron chi connectivity index (χ2n) is 6.69. The molecule has 1 spiro atoms. The highest BCUT2D eigenvalue weighted by Crippen LogP contribution is 2.38. The van der Waals surface area contributed by atoms with Crippen LogP contribution in [-0.2, 0) is 16.9 Å². The van der Waals surface area contributed by atoms with Gasteiger partial charge in [-0.25, -0.2) is 15.2 Å². The smallest absolute Gasteiger partial charge is 0.357 e. The van der Waals surface area contributed by atoms with Gasteiger partial charge in [-0.1, -0.05) is 36.4 Å². The minimum absolute atomic E-state index is 0.216. The number of nitrogens with zero attached hydrogens (tertiary/aromatic N) is 2. The molecule has 0 aromatic heterocycles. The topological polar surface area (TPSA) is 94.5 Å². The molecular formula is C19H19N6O+. The normalized spacial score (nSPS) is 26.3. The third-order valence-electron chi connectivity index (χ3n) is 5.11. The molecule has 2 aromatic carbocycles. The van der Waals surface area contributed by atoms with Crippen molar-refractivity contribution in [1.29, 1.82) is 0 Å². The highest BCUT2D eigenvalue weighted by atomic mass is 16.2. The van der Waals surface area contributed by atoms with Gasteiger partial charge in [-0.15, -0.1) is 0 Å². The van der Waals surface area contributed by atoms with Crippen LogP contribution in [0.15, 0.2) is 53.5 Å². The summed E-state index contributed by atoms with van der Waals surface area (Å²) in [4.78, 5) is 17.3. The van der Waals surface area contributed by atoms with Gasteiger partial charge in [-0.2, -0.15) is 4.99 Å². The summed E-state index contributed by atoms with van der Waals surface area (Å²) in [5.41, 5.74) is 8.78. The van der Waals surface area contributed by atoms with Crippen molar-refractivity contribution >= 4 is 29.2 Å². The first-order chi connectivity index (χ1) is 12.7. The predicted molar refractivity (Wildman–Crippen MR) is 99.2 cm³/mol. The zero-order valence-electron chi connectivity index (χ0n) is 14.1. The van der Waals surface area contributed by atoms with Gasteiger partial charge in [0, 0.05) is 5.56 Å². The number of aliphatic imine (C=N–C) groups is 1. The number of rotatable bonds is 0. The van der Waals surface area contributed by atoms with E-state index in [-0.39, 0.29) is 11.9 Å². The van der Waals surface area contributed by atoms with E-state index >= 15 is 0 Å². The second kappa shape index (κ2) is 5.32. The van der Waals surface area contributed by atoms with Crippen LogP contribution in [0, 0.1) is 0 Å². The van der Waals surface area contributed by atoms with E-state index in [1.807, 2.05) is 36.4 Å². The number of carbonyl (C=O) groups is 1. The Morgan fingerprint density at radius 1 is 1.08 bits per heavy atom. The highest BCUT2D eigenvalue weighted by Gasteiger charge is 2.54. The van der Waals surface area contributed by atoms with Crippen molar-refractivity contribution in [1.82, 2.24) is 10.6 Å². The summed E-state index contributed by atoms with van der Waals surface area (Å²) in [5.74, 6) is 0.663. The maximum Gasteiger partial charge on any atom is 0.360 e. The molecule has 130 valence electrons. The molecule has 0 saturated carbocycles. The van der Waals surface area contributed by atoms with Crippen LogP contribution in [-0.4, -0.2) is 28.9 Å². The third-order valence-corrected chi connectivity index (χ3v) is 5.11. The van der Waals surface area contributed by atoms with Gasteiger partial charge in [0.25, 0.3) is 17.5 Å². The lowest BCUT2D eigenvalue weighted by atomic mass is 10.0. The monoisotopic (exact) mass is 347 g/mol. The Morgan fingerprint density at radius 2 is 1.88 bits per heavy atom. The summed E-state index contributed by atoms with van der Waals surface area (Å²) in [6.45, 7) is 0.832. The van der Waals surface area contributed by atoms with E-state index in [0.717, 1.165) is 36.3 Å². The van der Waals surface area contributed by atoms with Crippen LogP contribution in [0.1, 0.15) is 17.5 Å². The molecule has 5 N–H and O–H groups in total. The SMILES string of the molecule is NC1=N[C@@]2(NC(=[N+]3CCCc4ccccc43)N1)C(=O)Nc1ccccc12. The van der Waals surface area contributed by atoms with E-state index in [9.17, 15) is 4.79 Å². The van der Waals surface area contributed by atoms with Gasteiger partial charge in [0.1, 0.15) is 5.69 Å². The summed E-state index contributed by atoms with van der Waals surface area (Å²) in [6, 6.07) is 15.8. The van der Waals surface area contributed by atoms with Crippen molar-refractivity contribution in [2.24, 2.45) is 10.7 Å². The molecule has 3 heterocycles. The Balaban J connectivity index is 1.68. The molecule has 0 saturated heterocycles. The van der Waals surface area contributed by atoms with Crippen LogP contribution in [0.4, 0.5) is 11.4 Å². The summed E-state index contributed by atoms with van der Waals surface area (Å²) in [7, 11) is 0. The maximum atomic E-state index is 12.8. The molecule has 7 nitrogen and oxygen atoms in total. The first kappa shape index (κ1) is 14.9. The van der Waals surface area contributed by atoms with Gasteiger partial charge in [0.2, 0.25) is 0 Å². The Morgan fingerprint density at radius 3 is 2.81 bits per heavy atom. The Hall–Kier alpha value is -3.35. The third kappa shape index (κ3) is 2.03. The van der Waals surface area contributed by atoms with Crippen molar-refractivity contribution in [2.75, 3.05) is 11.9 Å². The van der Waals surface area contributed by atoms with E-state index in [4.69, 9.17) is 5.73 Å². The number of nitrogens with two attached hydrogens (primary N) is 1. The van der Waals surface area contributed by atoms with Crippen molar-refractivity contribution in [3.05, 3.63) is 59.7 Å². The number of anilines is 1. The van der Waals surface area contributed by atoms with Crippen LogP contribution in [0.2, 0.25) is 0 Å². The molecule has 3 aliphatic rings. The van der Waals surface area contributed by atoms with E-state index in [2.05, 4.69) is 37.7 Å². The van der Waals surface area contributed by atoms with E-state index in [1.165, 1.54) is 5.56 Å².